The topological polar surface area (TPSA) is 45.7 Å². The molecule has 0 amide bonds. The summed E-state index contributed by atoms with van der Waals surface area (Å²) in [5.74, 6) is 0.682. The molecule has 4 nitrogen and oxygen atoms in total. The van der Waals surface area contributed by atoms with E-state index in [-0.39, 0.29) is 6.61 Å². The summed E-state index contributed by atoms with van der Waals surface area (Å²) in [6, 6.07) is 10.2. The largest absolute Gasteiger partial charge is 0.411 e. The minimum atomic E-state index is -4.26. The van der Waals surface area contributed by atoms with Gasteiger partial charge in [0.25, 0.3) is 0 Å². The van der Waals surface area contributed by atoms with E-state index in [1.54, 1.807) is 0 Å². The number of alkyl halides is 3. The highest BCUT2D eigenvalue weighted by Crippen LogP contribution is 2.14. The van der Waals surface area contributed by atoms with Crippen LogP contribution in [0.15, 0.2) is 35.3 Å². The first-order valence-corrected chi connectivity index (χ1v) is 8.22. The zero-order valence-electron chi connectivity index (χ0n) is 14.0. The van der Waals surface area contributed by atoms with Crippen LogP contribution >= 0.6 is 0 Å². The molecule has 7 heteroatoms. The number of nitrogens with zero attached hydrogens (tertiary/aromatic N) is 1. The van der Waals surface area contributed by atoms with Gasteiger partial charge in [0.2, 0.25) is 0 Å². The zero-order valence-corrected chi connectivity index (χ0v) is 14.0. The normalized spacial score (nSPS) is 12.2. The molecule has 0 bridgehead atoms. The second-order valence-electron chi connectivity index (χ2n) is 5.30. The van der Waals surface area contributed by atoms with Crippen molar-refractivity contribution in [3.05, 3.63) is 35.9 Å². The van der Waals surface area contributed by atoms with Gasteiger partial charge in [-0.3, -0.25) is 4.99 Å². The van der Waals surface area contributed by atoms with Gasteiger partial charge in [-0.15, -0.1) is 0 Å². The van der Waals surface area contributed by atoms with Crippen molar-refractivity contribution < 1.29 is 17.9 Å². The second kappa shape index (κ2) is 11.7. The van der Waals surface area contributed by atoms with Gasteiger partial charge < -0.3 is 15.4 Å². The molecule has 1 rings (SSSR count). The molecule has 0 spiro atoms. The molecule has 2 N–H and O–H groups in total. The Morgan fingerprint density at radius 3 is 2.54 bits per heavy atom. The van der Waals surface area contributed by atoms with Crippen LogP contribution in [0.4, 0.5) is 13.2 Å². The first kappa shape index (κ1) is 20.3. The fraction of sp³-hybridized carbons (Fsp3) is 0.588. The molecule has 0 aliphatic rings. The van der Waals surface area contributed by atoms with E-state index in [1.165, 1.54) is 5.56 Å². The van der Waals surface area contributed by atoms with Gasteiger partial charge in [-0.05, 0) is 31.7 Å². The van der Waals surface area contributed by atoms with E-state index < -0.39 is 12.8 Å². The van der Waals surface area contributed by atoms with Crippen molar-refractivity contribution in [2.75, 3.05) is 32.8 Å². The number of hydrogen-bond acceptors (Lipinski definition) is 2. The fourth-order valence-corrected chi connectivity index (χ4v) is 2.03. The Bertz CT molecular complexity index is 464. The second-order valence-corrected chi connectivity index (χ2v) is 5.30. The lowest BCUT2D eigenvalue weighted by atomic mass is 10.1. The van der Waals surface area contributed by atoms with Crippen LogP contribution in [0.5, 0.6) is 0 Å². The van der Waals surface area contributed by atoms with Gasteiger partial charge in [0, 0.05) is 26.2 Å². The molecule has 0 radical (unpaired) electrons. The Morgan fingerprint density at radius 2 is 1.88 bits per heavy atom. The fourth-order valence-electron chi connectivity index (χ4n) is 2.03. The van der Waals surface area contributed by atoms with Crippen LogP contribution in [-0.2, 0) is 11.2 Å². The van der Waals surface area contributed by atoms with E-state index in [4.69, 9.17) is 0 Å². The van der Waals surface area contributed by atoms with Crippen LogP contribution in [0.2, 0.25) is 0 Å². The quantitative estimate of drug-likeness (QED) is 0.389. The third-order valence-corrected chi connectivity index (χ3v) is 3.10. The molecule has 1 aromatic carbocycles. The average molecular weight is 345 g/mol. The van der Waals surface area contributed by atoms with Crippen molar-refractivity contribution in [1.82, 2.24) is 10.6 Å². The smallest absolute Gasteiger partial charge is 0.372 e. The highest BCUT2D eigenvalue weighted by atomic mass is 19.4. The molecular weight excluding hydrogens is 319 g/mol. The van der Waals surface area contributed by atoms with Gasteiger partial charge in [0.05, 0.1) is 0 Å². The summed E-state index contributed by atoms with van der Waals surface area (Å²) in [5, 5.41) is 6.21. The number of halogens is 3. The predicted octanol–water partition coefficient (Wildman–Crippen LogP) is 3.14. The molecule has 0 heterocycles. The maximum Gasteiger partial charge on any atom is 0.411 e. The number of ether oxygens (including phenoxy) is 1. The molecule has 0 unspecified atom stereocenters. The number of hydrogen-bond donors (Lipinski definition) is 2. The van der Waals surface area contributed by atoms with Gasteiger partial charge >= 0.3 is 6.18 Å². The number of aryl methyl sites for hydroxylation is 1. The van der Waals surface area contributed by atoms with E-state index in [0.717, 1.165) is 19.4 Å². The monoisotopic (exact) mass is 345 g/mol. The lowest BCUT2D eigenvalue weighted by molar-refractivity contribution is -0.173. The van der Waals surface area contributed by atoms with Crippen molar-refractivity contribution in [2.24, 2.45) is 4.99 Å². The SMILES string of the molecule is CCNC(=NCCCc1ccccc1)NCCCOCC(F)(F)F. The zero-order chi connectivity index (χ0) is 17.7. The van der Waals surface area contributed by atoms with Crippen molar-refractivity contribution in [3.63, 3.8) is 0 Å². The highest BCUT2D eigenvalue weighted by Gasteiger charge is 2.27. The van der Waals surface area contributed by atoms with E-state index in [9.17, 15) is 13.2 Å². The minimum absolute atomic E-state index is 0.0694. The lowest BCUT2D eigenvalue weighted by Crippen LogP contribution is -2.38. The number of guanidine groups is 1. The maximum absolute atomic E-state index is 11.9. The van der Waals surface area contributed by atoms with Crippen LogP contribution in [-0.4, -0.2) is 45.0 Å². The van der Waals surface area contributed by atoms with Gasteiger partial charge in [-0.1, -0.05) is 30.3 Å². The summed E-state index contributed by atoms with van der Waals surface area (Å²) < 4.78 is 40.3. The molecule has 0 fully saturated rings. The third-order valence-electron chi connectivity index (χ3n) is 3.10. The molecule has 136 valence electrons. The number of nitrogens with one attached hydrogen (secondary N) is 2. The predicted molar refractivity (Wildman–Crippen MR) is 90.2 cm³/mol. The van der Waals surface area contributed by atoms with E-state index in [0.29, 0.717) is 25.5 Å². The van der Waals surface area contributed by atoms with Crippen LogP contribution in [0.3, 0.4) is 0 Å². The summed E-state index contributed by atoms with van der Waals surface area (Å²) in [6.45, 7) is 2.78. The van der Waals surface area contributed by atoms with E-state index in [1.807, 2.05) is 25.1 Å². The molecular formula is C17H26F3N3O. The van der Waals surface area contributed by atoms with Gasteiger partial charge in [0.15, 0.2) is 5.96 Å². The Morgan fingerprint density at radius 1 is 1.12 bits per heavy atom. The number of rotatable bonds is 10. The maximum atomic E-state index is 11.9. The summed E-state index contributed by atoms with van der Waals surface area (Å²) in [5.41, 5.74) is 1.28. The average Bonchev–Trinajstić information content (AvgIpc) is 2.54. The summed E-state index contributed by atoms with van der Waals surface area (Å²) >= 11 is 0. The number of benzene rings is 1. The standard InChI is InChI=1S/C17H26F3N3O/c1-2-21-16(23-12-7-13-24-14-17(18,19)20)22-11-6-10-15-8-4-3-5-9-15/h3-5,8-9H,2,6-7,10-14H2,1H3,(H2,21,22,23). The van der Waals surface area contributed by atoms with E-state index >= 15 is 0 Å². The molecule has 24 heavy (non-hydrogen) atoms. The van der Waals surface area contributed by atoms with Crippen LogP contribution in [0.1, 0.15) is 25.3 Å². The summed E-state index contributed by atoms with van der Waals surface area (Å²) in [7, 11) is 0. The van der Waals surface area contributed by atoms with Crippen LogP contribution in [0.25, 0.3) is 0 Å². The Hall–Kier alpha value is -1.76. The molecule has 1 aromatic rings. The first-order chi connectivity index (χ1) is 11.5. The minimum Gasteiger partial charge on any atom is -0.372 e. The molecule has 0 atom stereocenters. The van der Waals surface area contributed by atoms with Crippen molar-refractivity contribution in [1.29, 1.82) is 0 Å². The molecule has 0 aliphatic heterocycles. The van der Waals surface area contributed by atoms with Gasteiger partial charge in [0.1, 0.15) is 6.61 Å². The van der Waals surface area contributed by atoms with Crippen molar-refractivity contribution in [2.45, 2.75) is 32.4 Å². The summed E-state index contributed by atoms with van der Waals surface area (Å²) in [4.78, 5) is 4.46. The van der Waals surface area contributed by atoms with E-state index in [2.05, 4.69) is 32.5 Å². The molecule has 0 aromatic heterocycles. The van der Waals surface area contributed by atoms with Gasteiger partial charge in [-0.25, -0.2) is 0 Å². The lowest BCUT2D eigenvalue weighted by Gasteiger charge is -2.12. The Labute approximate surface area is 141 Å². The highest BCUT2D eigenvalue weighted by molar-refractivity contribution is 5.79. The molecule has 0 aliphatic carbocycles. The van der Waals surface area contributed by atoms with Crippen LogP contribution < -0.4 is 10.6 Å². The molecule has 0 saturated heterocycles. The Kier molecular flexibility index (Phi) is 9.91. The molecule has 0 saturated carbocycles. The first-order valence-electron chi connectivity index (χ1n) is 8.22. The van der Waals surface area contributed by atoms with Crippen LogP contribution in [0, 0.1) is 0 Å². The Balaban J connectivity index is 2.17. The third kappa shape index (κ3) is 10.9. The number of aliphatic imine (C=N–C) groups is 1. The van der Waals surface area contributed by atoms with Gasteiger partial charge in [-0.2, -0.15) is 13.2 Å². The van der Waals surface area contributed by atoms with Crippen molar-refractivity contribution >= 4 is 5.96 Å². The summed E-state index contributed by atoms with van der Waals surface area (Å²) in [6.07, 6.45) is -1.86. The van der Waals surface area contributed by atoms with Crippen molar-refractivity contribution in [3.8, 4) is 0 Å².